The lowest BCUT2D eigenvalue weighted by atomic mass is 10.0. The lowest BCUT2D eigenvalue weighted by Crippen LogP contribution is -2.61. The highest BCUT2D eigenvalue weighted by Gasteiger charge is 2.35. The van der Waals surface area contributed by atoms with Crippen molar-refractivity contribution >= 4 is 87.6 Å². The molecule has 2 aromatic heterocycles. The first-order valence-corrected chi connectivity index (χ1v) is 28.1. The first-order valence-electron chi connectivity index (χ1n) is 25.8. The molecule has 6 rings (SSSR count). The molecule has 8 amide bonds. The van der Waals surface area contributed by atoms with Crippen LogP contribution in [0.4, 0.5) is 0 Å². The molecule has 0 radical (unpaired) electrons. The molecule has 3 aromatic carbocycles. The Morgan fingerprint density at radius 3 is 2.01 bits per heavy atom. The summed E-state index contributed by atoms with van der Waals surface area (Å²) in [5.41, 5.74) is 21.5. The Labute approximate surface area is 461 Å². The molecule has 2 bridgehead atoms. The van der Waals surface area contributed by atoms with Crippen LogP contribution in [0.5, 0.6) is 0 Å². The van der Waals surface area contributed by atoms with Gasteiger partial charge in [0.15, 0.2) is 5.96 Å². The van der Waals surface area contributed by atoms with E-state index in [4.69, 9.17) is 17.2 Å². The van der Waals surface area contributed by atoms with E-state index in [2.05, 4.69) is 57.2 Å². The zero-order chi connectivity index (χ0) is 56.0. The van der Waals surface area contributed by atoms with E-state index in [1.54, 1.807) is 36.5 Å². The Balaban J connectivity index is 1.39. The van der Waals surface area contributed by atoms with E-state index in [0.29, 0.717) is 41.2 Å². The van der Waals surface area contributed by atoms with Gasteiger partial charge in [-0.2, -0.15) is 23.5 Å². The molecule has 0 spiro atoms. The maximum absolute atomic E-state index is 14.8. The molecule has 7 unspecified atom stereocenters. The first kappa shape index (κ1) is 59.4. The number of aliphatic imine (C=N–C) groups is 1. The highest BCUT2D eigenvalue weighted by Crippen LogP contribution is 2.22. The average molecular weight is 1110 g/mol. The minimum absolute atomic E-state index is 0.0326. The predicted molar refractivity (Wildman–Crippen MR) is 301 cm³/mol. The highest BCUT2D eigenvalue weighted by molar-refractivity contribution is 7.98. The molecule has 416 valence electrons. The number of para-hydroxylation sites is 1. The number of guanidine groups is 1. The van der Waals surface area contributed by atoms with Crippen LogP contribution in [0.15, 0.2) is 103 Å². The second-order valence-electron chi connectivity index (χ2n) is 19.0. The molecule has 15 N–H and O–H groups in total. The van der Waals surface area contributed by atoms with Gasteiger partial charge >= 0.3 is 0 Å². The van der Waals surface area contributed by atoms with Crippen LogP contribution in [-0.4, -0.2) is 129 Å². The summed E-state index contributed by atoms with van der Waals surface area (Å²) in [5.74, 6) is -4.77. The Morgan fingerprint density at radius 2 is 1.35 bits per heavy atom. The summed E-state index contributed by atoms with van der Waals surface area (Å²) in [4.78, 5) is 127. The summed E-state index contributed by atoms with van der Waals surface area (Å²) in [5, 5.41) is 20.4. The number of aromatic nitrogens is 3. The zero-order valence-electron chi connectivity index (χ0n) is 43.7. The van der Waals surface area contributed by atoms with E-state index in [1.807, 2.05) is 55.5 Å². The third-order valence-corrected chi connectivity index (χ3v) is 15.0. The number of thioether (sulfide) groups is 2. The van der Waals surface area contributed by atoms with E-state index in [0.717, 1.165) is 28.5 Å². The number of rotatable bonds is 17. The van der Waals surface area contributed by atoms with Gasteiger partial charge in [-0.1, -0.05) is 92.6 Å². The second kappa shape index (κ2) is 30.2. The number of fused-ring (bicyclic) bond motifs is 3. The summed E-state index contributed by atoms with van der Waals surface area (Å²) in [6.45, 7) is 3.34. The number of imidazole rings is 1. The molecule has 0 saturated carbocycles. The zero-order valence-corrected chi connectivity index (χ0v) is 45.3. The van der Waals surface area contributed by atoms with Gasteiger partial charge < -0.3 is 64.4 Å². The Kier molecular flexibility index (Phi) is 23.0. The first-order chi connectivity index (χ1) is 37.6. The quantitative estimate of drug-likeness (QED) is 0.0355. The number of aromatic amines is 2. The number of amides is 8. The molecule has 7 atom stereocenters. The monoisotopic (exact) mass is 1110 g/mol. The number of primary amides is 1. The number of nitrogens with zero attached hydrogens (tertiary/aromatic N) is 2. The minimum atomic E-state index is -1.36. The van der Waals surface area contributed by atoms with Gasteiger partial charge in [0.25, 0.3) is 0 Å². The van der Waals surface area contributed by atoms with Crippen molar-refractivity contribution in [2.75, 3.05) is 18.1 Å². The normalized spacial score (nSPS) is 20.7. The van der Waals surface area contributed by atoms with Crippen molar-refractivity contribution in [1.29, 1.82) is 0 Å². The van der Waals surface area contributed by atoms with E-state index in [9.17, 15) is 38.4 Å². The number of nitrogens with one attached hydrogen (secondary N) is 9. The molecule has 1 aliphatic rings. The van der Waals surface area contributed by atoms with Crippen LogP contribution in [-0.2, 0) is 69.1 Å². The molecule has 3 heterocycles. The van der Waals surface area contributed by atoms with Crippen LogP contribution in [0, 0.1) is 0 Å². The van der Waals surface area contributed by atoms with Crippen LogP contribution >= 0.6 is 23.5 Å². The third kappa shape index (κ3) is 18.7. The van der Waals surface area contributed by atoms with Crippen LogP contribution in [0.25, 0.3) is 10.9 Å². The second-order valence-corrected chi connectivity index (χ2v) is 21.1. The maximum Gasteiger partial charge on any atom is 0.244 e. The summed E-state index contributed by atoms with van der Waals surface area (Å²) >= 11 is 2.71. The van der Waals surface area contributed by atoms with Gasteiger partial charge in [-0.05, 0) is 47.6 Å². The van der Waals surface area contributed by atoms with Crippen LogP contribution in [0.1, 0.15) is 73.9 Å². The standard InChI is InChI=1S/C54H70N14O8S2/c1-3-4-17-40(62-32(2)69)48(71)68-46-30-78-28-35-15-10-14-34(21-35)27-77-29-45(47(55)70)67-51(74)43(23-36-25-60-39-18-9-8-16-38(36)39)65-49(72)41(19-11-20-59-54(56)57)63-50(73)42(22-33-12-6-5-7-13-33)64-52(75)44(66-53(46)76)24-37-26-58-31-61-37/h5-10,12-16,18,21,25-26,31,40-46,60H,3-4,11,17,19-20,22-24,27-30H2,1-2H3,(H2,55,70)(H,58,61)(H,62,69)(H,63,73)(H,64,75)(H,65,72)(H,66,76)(H,67,74)(H,68,71)(H4,56,57,59). The topological polar surface area (TPSA) is 356 Å². The fraction of sp³-hybridized carbons (Fsp3) is 0.407. The Hall–Kier alpha value is -7.86. The number of H-pyrrole nitrogens is 2. The van der Waals surface area contributed by atoms with Crippen molar-refractivity contribution < 1.29 is 38.4 Å². The maximum atomic E-state index is 14.8. The molecule has 0 saturated heterocycles. The van der Waals surface area contributed by atoms with Gasteiger partial charge in [-0.25, -0.2) is 4.98 Å². The molecule has 0 fully saturated rings. The number of hydrogen-bond donors (Lipinski definition) is 12. The number of nitrogens with two attached hydrogens (primary N) is 3. The minimum Gasteiger partial charge on any atom is -0.370 e. The number of hydrogen-bond acceptors (Lipinski definition) is 12. The van der Waals surface area contributed by atoms with Crippen molar-refractivity contribution in [1.82, 2.24) is 52.2 Å². The van der Waals surface area contributed by atoms with Crippen molar-refractivity contribution in [3.05, 3.63) is 126 Å². The van der Waals surface area contributed by atoms with Crippen molar-refractivity contribution in [2.24, 2.45) is 22.2 Å². The number of carbonyl (C=O) groups excluding carboxylic acids is 8. The molecule has 1 aliphatic heterocycles. The molecule has 0 aliphatic carbocycles. The van der Waals surface area contributed by atoms with Crippen molar-refractivity contribution in [3.8, 4) is 0 Å². The number of benzene rings is 3. The van der Waals surface area contributed by atoms with E-state index in [1.165, 1.54) is 43.0 Å². The van der Waals surface area contributed by atoms with Crippen LogP contribution < -0.4 is 54.4 Å². The van der Waals surface area contributed by atoms with Gasteiger partial charge in [0.2, 0.25) is 47.3 Å². The van der Waals surface area contributed by atoms with E-state index >= 15 is 0 Å². The summed E-state index contributed by atoms with van der Waals surface area (Å²) in [6, 6.07) is 15.3. The third-order valence-electron chi connectivity index (χ3n) is 12.8. The number of unbranched alkanes of at least 4 members (excludes halogenated alkanes) is 1. The summed E-state index contributed by atoms with van der Waals surface area (Å²) in [7, 11) is 0. The van der Waals surface area contributed by atoms with Gasteiger partial charge in [0, 0.05) is 84.7 Å². The van der Waals surface area contributed by atoms with Crippen molar-refractivity contribution in [3.63, 3.8) is 0 Å². The van der Waals surface area contributed by atoms with Crippen molar-refractivity contribution in [2.45, 2.75) is 119 Å². The lowest BCUT2D eigenvalue weighted by Gasteiger charge is -2.28. The fourth-order valence-electron chi connectivity index (χ4n) is 8.72. The van der Waals surface area contributed by atoms with Crippen LogP contribution in [0.3, 0.4) is 0 Å². The molecular weight excluding hydrogens is 1040 g/mol. The smallest absolute Gasteiger partial charge is 0.244 e. The van der Waals surface area contributed by atoms with Gasteiger partial charge in [0.05, 0.1) is 6.33 Å². The molecule has 24 heteroatoms. The van der Waals surface area contributed by atoms with E-state index in [-0.39, 0.29) is 56.1 Å². The van der Waals surface area contributed by atoms with Gasteiger partial charge in [-0.3, -0.25) is 43.3 Å². The molecular formula is C54H70N14O8S2. The Morgan fingerprint density at radius 1 is 0.718 bits per heavy atom. The highest BCUT2D eigenvalue weighted by atomic mass is 32.2. The molecule has 22 nitrogen and oxygen atoms in total. The lowest BCUT2D eigenvalue weighted by molar-refractivity contribution is -0.135. The van der Waals surface area contributed by atoms with Gasteiger partial charge in [-0.15, -0.1) is 0 Å². The predicted octanol–water partition coefficient (Wildman–Crippen LogP) is 1.24. The molecule has 78 heavy (non-hydrogen) atoms. The van der Waals surface area contributed by atoms with Gasteiger partial charge in [0.1, 0.15) is 42.3 Å². The van der Waals surface area contributed by atoms with E-state index < -0.39 is 89.6 Å². The average Bonchev–Trinajstić information content (AvgIpc) is 4.10. The summed E-state index contributed by atoms with van der Waals surface area (Å²) < 4.78 is 0. The summed E-state index contributed by atoms with van der Waals surface area (Å²) in [6.07, 6.45) is 6.26. The Bertz CT molecular complexity index is 2860. The fourth-order valence-corrected chi connectivity index (χ4v) is 10.7. The molecule has 5 aromatic rings. The number of carbonyl (C=O) groups is 8. The largest absolute Gasteiger partial charge is 0.370 e. The SMILES string of the molecule is CCCCC(NC(C)=O)C(=O)NC1CSCc2cccc(c2)CSCC(C(N)=O)NC(=O)C(Cc2c[nH]c3ccccc23)NC(=O)C(CCCN=C(N)N)NC(=O)C(Cc2ccccc2)NC(=O)C(Cc2cnc[nH]2)NC1=O. The van der Waals surface area contributed by atoms with Crippen LogP contribution in [0.2, 0.25) is 0 Å².